The van der Waals surface area contributed by atoms with Crippen LogP contribution in [0.25, 0.3) is 0 Å². The number of aliphatic carboxylic acids is 1. The number of benzene rings is 1. The van der Waals surface area contributed by atoms with E-state index in [1.165, 1.54) is 18.7 Å². The molecule has 0 fully saturated rings. The smallest absolute Gasteiger partial charge is 0.327 e. The SMILES string of the molecule is CC(=O)N[C@@H](CSCC(C(=O)CO)c1ccc(Cl)cc1)C(=O)O. The molecule has 0 aliphatic rings. The van der Waals surface area contributed by atoms with Crippen molar-refractivity contribution in [2.24, 2.45) is 0 Å². The number of carbonyl (C=O) groups is 3. The number of thioether (sulfide) groups is 1. The van der Waals surface area contributed by atoms with Crippen LogP contribution in [0, 0.1) is 0 Å². The molecule has 6 nitrogen and oxygen atoms in total. The monoisotopic (exact) mass is 359 g/mol. The third-order valence-corrected chi connectivity index (χ3v) is 4.45. The fourth-order valence-electron chi connectivity index (χ4n) is 1.90. The molecular formula is C15H18ClNO5S. The van der Waals surface area contributed by atoms with Crippen LogP contribution in [0.4, 0.5) is 0 Å². The molecule has 0 aromatic heterocycles. The lowest BCUT2D eigenvalue weighted by atomic mass is 9.97. The fraction of sp³-hybridized carbons (Fsp3) is 0.400. The normalized spacial score (nSPS) is 13.2. The second-order valence-corrected chi connectivity index (χ2v) is 6.37. The first kappa shape index (κ1) is 19.5. The zero-order valence-electron chi connectivity index (χ0n) is 12.5. The van der Waals surface area contributed by atoms with Crippen LogP contribution in [0.5, 0.6) is 0 Å². The summed E-state index contributed by atoms with van der Waals surface area (Å²) in [6.07, 6.45) is 0. The number of carboxylic acids is 1. The van der Waals surface area contributed by atoms with E-state index in [9.17, 15) is 14.4 Å². The van der Waals surface area contributed by atoms with Crippen molar-refractivity contribution >= 4 is 41.0 Å². The van der Waals surface area contributed by atoms with Gasteiger partial charge in [-0.2, -0.15) is 11.8 Å². The Labute approximate surface area is 143 Å². The highest BCUT2D eigenvalue weighted by molar-refractivity contribution is 7.99. The van der Waals surface area contributed by atoms with Gasteiger partial charge in [-0.3, -0.25) is 9.59 Å². The molecule has 0 saturated carbocycles. The van der Waals surface area contributed by atoms with E-state index in [2.05, 4.69) is 5.32 Å². The number of nitrogens with one attached hydrogen (secondary N) is 1. The van der Waals surface area contributed by atoms with Crippen molar-refractivity contribution in [3.8, 4) is 0 Å². The van der Waals surface area contributed by atoms with Crippen molar-refractivity contribution in [2.45, 2.75) is 18.9 Å². The first-order valence-corrected chi connectivity index (χ1v) is 8.35. The minimum absolute atomic E-state index is 0.123. The molecule has 2 atom stereocenters. The summed E-state index contributed by atoms with van der Waals surface area (Å²) < 4.78 is 0. The lowest BCUT2D eigenvalue weighted by molar-refractivity contribution is -0.140. The molecule has 1 unspecified atom stereocenters. The molecule has 1 aromatic carbocycles. The summed E-state index contributed by atoms with van der Waals surface area (Å²) in [4.78, 5) is 33.9. The van der Waals surface area contributed by atoms with Crippen molar-refractivity contribution in [3.05, 3.63) is 34.9 Å². The van der Waals surface area contributed by atoms with Gasteiger partial charge < -0.3 is 15.5 Å². The van der Waals surface area contributed by atoms with E-state index in [0.717, 1.165) is 0 Å². The van der Waals surface area contributed by atoms with Gasteiger partial charge in [-0.05, 0) is 17.7 Å². The zero-order chi connectivity index (χ0) is 17.4. The molecule has 0 spiro atoms. The number of halogens is 1. The fourth-order valence-corrected chi connectivity index (χ4v) is 3.24. The Kier molecular flexibility index (Phi) is 8.08. The molecule has 1 rings (SSSR count). The van der Waals surface area contributed by atoms with Gasteiger partial charge in [0, 0.05) is 23.5 Å². The predicted molar refractivity (Wildman–Crippen MR) is 88.9 cm³/mol. The minimum atomic E-state index is -1.13. The van der Waals surface area contributed by atoms with Crippen LogP contribution in [-0.4, -0.2) is 52.0 Å². The lowest BCUT2D eigenvalue weighted by Crippen LogP contribution is -2.41. The second kappa shape index (κ2) is 9.54. The number of amides is 1. The maximum Gasteiger partial charge on any atom is 0.327 e. The maximum atomic E-state index is 11.9. The van der Waals surface area contributed by atoms with Crippen LogP contribution >= 0.6 is 23.4 Å². The Bertz CT molecular complexity index is 563. The van der Waals surface area contributed by atoms with Gasteiger partial charge in [0.15, 0.2) is 5.78 Å². The minimum Gasteiger partial charge on any atom is -0.480 e. The molecule has 1 amide bonds. The van der Waals surface area contributed by atoms with Gasteiger partial charge in [0.1, 0.15) is 12.6 Å². The number of carboxylic acid groups (broad SMARTS) is 1. The van der Waals surface area contributed by atoms with Crippen LogP contribution in [0.2, 0.25) is 5.02 Å². The molecule has 23 heavy (non-hydrogen) atoms. The first-order chi connectivity index (χ1) is 10.8. The number of hydrogen-bond donors (Lipinski definition) is 3. The number of ketones is 1. The summed E-state index contributed by atoms with van der Waals surface area (Å²) in [5.74, 6) is -2.06. The quantitative estimate of drug-likeness (QED) is 0.614. The summed E-state index contributed by atoms with van der Waals surface area (Å²) in [5.41, 5.74) is 0.701. The Hall–Kier alpha value is -1.57. The third-order valence-electron chi connectivity index (χ3n) is 3.06. The number of Topliss-reactive ketones (excluding diaryl/α,β-unsaturated/α-hetero) is 1. The first-order valence-electron chi connectivity index (χ1n) is 6.81. The molecule has 1 aromatic rings. The Balaban J connectivity index is 2.71. The Morgan fingerprint density at radius 2 is 1.83 bits per heavy atom. The molecular weight excluding hydrogens is 342 g/mol. The summed E-state index contributed by atoms with van der Waals surface area (Å²) in [7, 11) is 0. The number of carbonyl (C=O) groups excluding carboxylic acids is 2. The van der Waals surface area contributed by atoms with Crippen LogP contribution in [0.1, 0.15) is 18.4 Å². The standard InChI is InChI=1S/C15H18ClNO5S/c1-9(19)17-13(15(21)22)8-23-7-12(14(20)6-18)10-2-4-11(16)5-3-10/h2-5,12-13,18H,6-8H2,1H3,(H,17,19)(H,21,22)/t12?,13-/m0/s1. The predicted octanol–water partition coefficient (Wildman–Crippen LogP) is 1.31. The zero-order valence-corrected chi connectivity index (χ0v) is 14.1. The molecule has 0 aliphatic carbocycles. The molecule has 0 bridgehead atoms. The van der Waals surface area contributed by atoms with Gasteiger partial charge in [0.25, 0.3) is 0 Å². The van der Waals surface area contributed by atoms with Gasteiger partial charge in [-0.1, -0.05) is 23.7 Å². The van der Waals surface area contributed by atoms with Crippen LogP contribution in [0.3, 0.4) is 0 Å². The lowest BCUT2D eigenvalue weighted by Gasteiger charge is -2.17. The van der Waals surface area contributed by atoms with Gasteiger partial charge >= 0.3 is 5.97 Å². The van der Waals surface area contributed by atoms with Crippen molar-refractivity contribution in [3.63, 3.8) is 0 Å². The second-order valence-electron chi connectivity index (χ2n) is 4.86. The Morgan fingerprint density at radius 1 is 1.22 bits per heavy atom. The highest BCUT2D eigenvalue weighted by Gasteiger charge is 2.23. The van der Waals surface area contributed by atoms with Crippen molar-refractivity contribution in [2.75, 3.05) is 18.1 Å². The summed E-state index contributed by atoms with van der Waals surface area (Å²) >= 11 is 7.04. The highest BCUT2D eigenvalue weighted by atomic mass is 35.5. The van der Waals surface area contributed by atoms with Crippen molar-refractivity contribution < 1.29 is 24.6 Å². The number of hydrogen-bond acceptors (Lipinski definition) is 5. The summed E-state index contributed by atoms with van der Waals surface area (Å²) in [5, 5.41) is 21.0. The van der Waals surface area contributed by atoms with E-state index in [4.69, 9.17) is 21.8 Å². The average molecular weight is 360 g/mol. The molecule has 126 valence electrons. The molecule has 0 aliphatic heterocycles. The number of aliphatic hydroxyl groups excluding tert-OH is 1. The van der Waals surface area contributed by atoms with E-state index in [1.807, 2.05) is 0 Å². The number of aliphatic hydroxyl groups is 1. The van der Waals surface area contributed by atoms with Crippen molar-refractivity contribution in [1.82, 2.24) is 5.32 Å². The topological polar surface area (TPSA) is 104 Å². The van der Waals surface area contributed by atoms with E-state index < -0.39 is 30.4 Å². The molecule has 0 saturated heterocycles. The van der Waals surface area contributed by atoms with E-state index >= 15 is 0 Å². The van der Waals surface area contributed by atoms with E-state index in [-0.39, 0.29) is 11.5 Å². The molecule has 0 radical (unpaired) electrons. The van der Waals surface area contributed by atoms with E-state index in [1.54, 1.807) is 24.3 Å². The van der Waals surface area contributed by atoms with Gasteiger partial charge in [-0.25, -0.2) is 4.79 Å². The largest absolute Gasteiger partial charge is 0.480 e. The maximum absolute atomic E-state index is 11.9. The number of rotatable bonds is 9. The Morgan fingerprint density at radius 3 is 2.30 bits per heavy atom. The van der Waals surface area contributed by atoms with Gasteiger partial charge in [-0.15, -0.1) is 0 Å². The van der Waals surface area contributed by atoms with Gasteiger partial charge in [0.2, 0.25) is 5.91 Å². The van der Waals surface area contributed by atoms with Crippen LogP contribution in [0.15, 0.2) is 24.3 Å². The molecule has 3 N–H and O–H groups in total. The summed E-state index contributed by atoms with van der Waals surface area (Å²) in [6.45, 7) is 0.647. The van der Waals surface area contributed by atoms with Gasteiger partial charge in [0.05, 0.1) is 5.92 Å². The molecule has 0 heterocycles. The average Bonchev–Trinajstić information content (AvgIpc) is 2.50. The van der Waals surface area contributed by atoms with Crippen LogP contribution in [-0.2, 0) is 14.4 Å². The third kappa shape index (κ3) is 6.60. The summed E-state index contributed by atoms with van der Waals surface area (Å²) in [6, 6.07) is 5.67. The molecule has 8 heteroatoms. The van der Waals surface area contributed by atoms with Crippen LogP contribution < -0.4 is 5.32 Å². The highest BCUT2D eigenvalue weighted by Crippen LogP contribution is 2.24. The van der Waals surface area contributed by atoms with Crippen molar-refractivity contribution in [1.29, 1.82) is 0 Å². The van der Waals surface area contributed by atoms with E-state index in [0.29, 0.717) is 16.3 Å².